The fourth-order valence-corrected chi connectivity index (χ4v) is 2.47. The van der Waals surface area contributed by atoms with Crippen molar-refractivity contribution in [2.24, 2.45) is 0 Å². The standard InChI is InChI=1S/C21H15N5O/c22-11-16-4-1-3-15(9-16)7-8-21(27)25-14-20-24-13-19(26-20)18-6-2-5-17(10-18)12-23/h1-10,13H,14H2,(H,24,26)(H,25,27)/b8-7+. The lowest BCUT2D eigenvalue weighted by Crippen LogP contribution is -2.20. The number of carbonyl (C=O) groups excluding carboxylic acids is 1. The molecule has 2 aromatic carbocycles. The highest BCUT2D eigenvalue weighted by Crippen LogP contribution is 2.18. The third-order valence-electron chi connectivity index (χ3n) is 3.80. The summed E-state index contributed by atoms with van der Waals surface area (Å²) in [5.74, 6) is 0.349. The fraction of sp³-hybridized carbons (Fsp3) is 0.0476. The van der Waals surface area contributed by atoms with Gasteiger partial charge in [-0.3, -0.25) is 4.79 Å². The molecule has 0 atom stereocenters. The molecule has 0 bridgehead atoms. The first-order chi connectivity index (χ1) is 13.2. The highest BCUT2D eigenvalue weighted by molar-refractivity contribution is 5.91. The van der Waals surface area contributed by atoms with E-state index in [-0.39, 0.29) is 12.5 Å². The highest BCUT2D eigenvalue weighted by atomic mass is 16.1. The minimum absolute atomic E-state index is 0.249. The Morgan fingerprint density at radius 3 is 2.63 bits per heavy atom. The van der Waals surface area contributed by atoms with E-state index in [0.717, 1.165) is 16.8 Å². The van der Waals surface area contributed by atoms with Crippen LogP contribution in [0.5, 0.6) is 0 Å². The molecule has 0 unspecified atom stereocenters. The van der Waals surface area contributed by atoms with Crippen molar-refractivity contribution < 1.29 is 4.79 Å². The van der Waals surface area contributed by atoms with Gasteiger partial charge in [0.15, 0.2) is 0 Å². The van der Waals surface area contributed by atoms with Gasteiger partial charge in [-0.1, -0.05) is 24.3 Å². The third kappa shape index (κ3) is 4.68. The minimum Gasteiger partial charge on any atom is -0.345 e. The zero-order chi connectivity index (χ0) is 19.1. The second-order valence-corrected chi connectivity index (χ2v) is 5.72. The molecule has 1 heterocycles. The summed E-state index contributed by atoms with van der Waals surface area (Å²) in [6.45, 7) is 0.249. The number of benzene rings is 2. The lowest BCUT2D eigenvalue weighted by Gasteiger charge is -2.00. The Bertz CT molecular complexity index is 1080. The van der Waals surface area contributed by atoms with Crippen molar-refractivity contribution in [3.8, 4) is 23.4 Å². The molecule has 0 aliphatic rings. The van der Waals surface area contributed by atoms with Crippen LogP contribution in [0.4, 0.5) is 0 Å². The van der Waals surface area contributed by atoms with Crippen LogP contribution in [0.15, 0.2) is 60.8 Å². The highest BCUT2D eigenvalue weighted by Gasteiger charge is 2.05. The Morgan fingerprint density at radius 1 is 1.11 bits per heavy atom. The van der Waals surface area contributed by atoms with E-state index in [4.69, 9.17) is 10.5 Å². The predicted octanol–water partition coefficient (Wildman–Crippen LogP) is 3.15. The molecule has 0 aliphatic heterocycles. The molecule has 0 aliphatic carbocycles. The van der Waals surface area contributed by atoms with Crippen LogP contribution >= 0.6 is 0 Å². The van der Waals surface area contributed by atoms with Crippen LogP contribution in [0.1, 0.15) is 22.5 Å². The summed E-state index contributed by atoms with van der Waals surface area (Å²) in [5.41, 5.74) is 3.53. The SMILES string of the molecule is N#Cc1cccc(/C=C/C(=O)NCc2ncc(-c3cccc(C#N)c3)[nH]2)c1. The summed E-state index contributed by atoms with van der Waals surface area (Å²) in [7, 11) is 0. The van der Waals surface area contributed by atoms with Crippen LogP contribution in [0.2, 0.25) is 0 Å². The van der Waals surface area contributed by atoms with Crippen molar-refractivity contribution in [1.29, 1.82) is 10.5 Å². The van der Waals surface area contributed by atoms with Crippen molar-refractivity contribution in [2.45, 2.75) is 6.54 Å². The number of aromatic amines is 1. The van der Waals surface area contributed by atoms with Gasteiger partial charge in [0.1, 0.15) is 5.82 Å². The molecule has 0 radical (unpaired) electrons. The average Bonchev–Trinajstić information content (AvgIpc) is 3.20. The van der Waals surface area contributed by atoms with E-state index in [0.29, 0.717) is 17.0 Å². The molecule has 1 amide bonds. The Kier molecular flexibility index (Phi) is 5.42. The Balaban J connectivity index is 1.59. The van der Waals surface area contributed by atoms with Gasteiger partial charge in [0, 0.05) is 11.6 Å². The number of hydrogen-bond acceptors (Lipinski definition) is 4. The predicted molar refractivity (Wildman–Crippen MR) is 101 cm³/mol. The first kappa shape index (κ1) is 17.7. The maximum absolute atomic E-state index is 12.0. The van der Waals surface area contributed by atoms with Gasteiger partial charge in [-0.05, 0) is 35.9 Å². The van der Waals surface area contributed by atoms with Crippen molar-refractivity contribution in [3.63, 3.8) is 0 Å². The third-order valence-corrected chi connectivity index (χ3v) is 3.80. The summed E-state index contributed by atoms with van der Waals surface area (Å²) in [6, 6.07) is 18.4. The number of imidazole rings is 1. The second kappa shape index (κ2) is 8.28. The zero-order valence-corrected chi connectivity index (χ0v) is 14.3. The largest absolute Gasteiger partial charge is 0.345 e. The molecule has 0 spiro atoms. The van der Waals surface area contributed by atoms with E-state index in [1.807, 2.05) is 18.2 Å². The fourth-order valence-electron chi connectivity index (χ4n) is 2.47. The summed E-state index contributed by atoms with van der Waals surface area (Å²) >= 11 is 0. The molecule has 6 heteroatoms. The number of nitriles is 2. The van der Waals surface area contributed by atoms with Crippen LogP contribution < -0.4 is 5.32 Å². The summed E-state index contributed by atoms with van der Waals surface area (Å²) < 4.78 is 0. The lowest BCUT2D eigenvalue weighted by molar-refractivity contribution is -0.116. The maximum atomic E-state index is 12.0. The van der Waals surface area contributed by atoms with E-state index < -0.39 is 0 Å². The van der Waals surface area contributed by atoms with Crippen molar-refractivity contribution in [1.82, 2.24) is 15.3 Å². The number of hydrogen-bond donors (Lipinski definition) is 2. The number of nitrogens with zero attached hydrogens (tertiary/aromatic N) is 3. The number of nitrogens with one attached hydrogen (secondary N) is 2. The quantitative estimate of drug-likeness (QED) is 0.687. The summed E-state index contributed by atoms with van der Waals surface area (Å²) in [6.07, 6.45) is 4.73. The van der Waals surface area contributed by atoms with Gasteiger partial charge in [0.25, 0.3) is 0 Å². The van der Waals surface area contributed by atoms with Crippen LogP contribution in [-0.2, 0) is 11.3 Å². The Hall–Kier alpha value is -4.16. The molecule has 130 valence electrons. The molecule has 0 fully saturated rings. The molecular weight excluding hydrogens is 338 g/mol. The normalized spacial score (nSPS) is 10.3. The van der Waals surface area contributed by atoms with Gasteiger partial charge in [-0.25, -0.2) is 4.98 Å². The van der Waals surface area contributed by atoms with Gasteiger partial charge in [-0.15, -0.1) is 0 Å². The molecular formula is C21H15N5O. The van der Waals surface area contributed by atoms with Gasteiger partial charge < -0.3 is 10.3 Å². The molecule has 27 heavy (non-hydrogen) atoms. The smallest absolute Gasteiger partial charge is 0.244 e. The first-order valence-electron chi connectivity index (χ1n) is 8.18. The number of amides is 1. The summed E-state index contributed by atoms with van der Waals surface area (Å²) in [4.78, 5) is 19.3. The van der Waals surface area contributed by atoms with Crippen molar-refractivity contribution in [3.05, 3.63) is 83.3 Å². The van der Waals surface area contributed by atoms with Crippen LogP contribution in [0.25, 0.3) is 17.3 Å². The van der Waals surface area contributed by atoms with E-state index in [1.165, 1.54) is 6.08 Å². The van der Waals surface area contributed by atoms with Crippen LogP contribution in [0.3, 0.4) is 0 Å². The Labute approximate surface area is 156 Å². The molecule has 0 saturated carbocycles. The first-order valence-corrected chi connectivity index (χ1v) is 8.18. The monoisotopic (exact) mass is 353 g/mol. The number of aromatic nitrogens is 2. The van der Waals surface area contributed by atoms with Gasteiger partial charge in [-0.2, -0.15) is 10.5 Å². The molecule has 1 aromatic heterocycles. The Morgan fingerprint density at radius 2 is 1.85 bits per heavy atom. The van der Waals surface area contributed by atoms with E-state index >= 15 is 0 Å². The van der Waals surface area contributed by atoms with Crippen LogP contribution in [0, 0.1) is 22.7 Å². The summed E-state index contributed by atoms with van der Waals surface area (Å²) in [5, 5.41) is 20.6. The number of H-pyrrole nitrogens is 1. The molecule has 6 nitrogen and oxygen atoms in total. The molecule has 3 aromatic rings. The zero-order valence-electron chi connectivity index (χ0n) is 14.3. The second-order valence-electron chi connectivity index (χ2n) is 5.72. The molecule has 0 saturated heterocycles. The topological polar surface area (TPSA) is 105 Å². The number of rotatable bonds is 5. The maximum Gasteiger partial charge on any atom is 0.244 e. The average molecular weight is 353 g/mol. The van der Waals surface area contributed by atoms with E-state index in [1.54, 1.807) is 42.6 Å². The van der Waals surface area contributed by atoms with Crippen LogP contribution in [-0.4, -0.2) is 15.9 Å². The molecule has 3 rings (SSSR count). The van der Waals surface area contributed by atoms with Gasteiger partial charge in [0.2, 0.25) is 5.91 Å². The van der Waals surface area contributed by atoms with Gasteiger partial charge in [0.05, 0.1) is 41.7 Å². The van der Waals surface area contributed by atoms with Crippen molar-refractivity contribution in [2.75, 3.05) is 0 Å². The van der Waals surface area contributed by atoms with Gasteiger partial charge >= 0.3 is 0 Å². The minimum atomic E-state index is -0.262. The van der Waals surface area contributed by atoms with Crippen molar-refractivity contribution >= 4 is 12.0 Å². The molecule has 2 N–H and O–H groups in total. The number of carbonyl (C=O) groups is 1. The van der Waals surface area contributed by atoms with E-state index in [9.17, 15) is 4.79 Å². The van der Waals surface area contributed by atoms with E-state index in [2.05, 4.69) is 27.4 Å². The lowest BCUT2D eigenvalue weighted by atomic mass is 10.1.